The number of methoxy groups -OCH3 is 2. The van der Waals surface area contributed by atoms with E-state index < -0.39 is 18.2 Å². The first kappa shape index (κ1) is 30.7. The summed E-state index contributed by atoms with van der Waals surface area (Å²) in [6.07, 6.45) is 7.73. The van der Waals surface area contributed by atoms with E-state index in [1.165, 1.54) is 65.7 Å². The Labute approximate surface area is 242 Å². The number of phenolic OH excluding ortho intramolecular Hbond substituents is 2. The van der Waals surface area contributed by atoms with Crippen molar-refractivity contribution in [3.8, 4) is 23.0 Å². The molecule has 3 unspecified atom stereocenters. The van der Waals surface area contributed by atoms with Crippen molar-refractivity contribution < 1.29 is 39.1 Å². The van der Waals surface area contributed by atoms with Gasteiger partial charge in [-0.1, -0.05) is 25.0 Å². The molecule has 0 saturated heterocycles. The number of aliphatic hydroxyl groups excluding tert-OH is 1. The van der Waals surface area contributed by atoms with Gasteiger partial charge in [-0.2, -0.15) is 0 Å². The van der Waals surface area contributed by atoms with Crippen molar-refractivity contribution in [1.29, 1.82) is 0 Å². The van der Waals surface area contributed by atoms with Crippen LogP contribution >= 0.6 is 0 Å². The first-order chi connectivity index (χ1) is 19.6. The Kier molecular flexibility index (Phi) is 10.2. The molecule has 2 aromatic rings. The van der Waals surface area contributed by atoms with Crippen molar-refractivity contribution in [1.82, 2.24) is 0 Å². The molecule has 2 aliphatic rings. The summed E-state index contributed by atoms with van der Waals surface area (Å²) < 4.78 is 16.0. The molecule has 2 aliphatic carbocycles. The van der Waals surface area contributed by atoms with Crippen LogP contribution in [0, 0.1) is 11.3 Å². The highest BCUT2D eigenvalue weighted by atomic mass is 16.6. The lowest BCUT2D eigenvalue weighted by molar-refractivity contribution is -0.154. The topological polar surface area (TPSA) is 123 Å². The summed E-state index contributed by atoms with van der Waals surface area (Å²) in [5, 5.41) is 31.1. The van der Waals surface area contributed by atoms with Crippen molar-refractivity contribution in [2.75, 3.05) is 14.2 Å². The van der Waals surface area contributed by atoms with E-state index in [0.29, 0.717) is 22.6 Å². The first-order valence-electron chi connectivity index (χ1n) is 14.7. The van der Waals surface area contributed by atoms with Gasteiger partial charge < -0.3 is 29.5 Å². The van der Waals surface area contributed by atoms with E-state index in [1.807, 2.05) is 12.1 Å². The van der Waals surface area contributed by atoms with Crippen LogP contribution in [0.15, 0.2) is 36.4 Å². The van der Waals surface area contributed by atoms with Gasteiger partial charge in [0.15, 0.2) is 23.0 Å². The van der Waals surface area contributed by atoms with Crippen LogP contribution in [0.25, 0.3) is 0 Å². The quantitative estimate of drug-likeness (QED) is 0.273. The van der Waals surface area contributed by atoms with Gasteiger partial charge in [-0.05, 0) is 91.2 Å². The number of ketones is 1. The standard InChI is InChI=1S/C33H44O8/c1-21(34)41-32(29(38)16-22-6-8-27(36)30(17-22)39-2)20-25(35)19-26(24-7-9-28(37)31(18-24)40-3)23-10-14-33(15-11-23)12-4-5-13-33/h6-9,17-18,23,26,29,32,36-38H,4-5,10-16,19-20H2,1-3H3. The smallest absolute Gasteiger partial charge is 0.303 e. The normalized spacial score (nSPS) is 18.9. The molecule has 224 valence electrons. The summed E-state index contributed by atoms with van der Waals surface area (Å²) in [6, 6.07) is 10.0. The fraction of sp³-hybridized carbons (Fsp3) is 0.576. The zero-order chi connectivity index (χ0) is 29.6. The second-order valence-electron chi connectivity index (χ2n) is 12.0. The minimum Gasteiger partial charge on any atom is -0.504 e. The van der Waals surface area contributed by atoms with Gasteiger partial charge in [-0.15, -0.1) is 0 Å². The molecule has 0 bridgehead atoms. The molecule has 8 heteroatoms. The average molecular weight is 569 g/mol. The van der Waals surface area contributed by atoms with Crippen LogP contribution in [-0.2, 0) is 20.7 Å². The fourth-order valence-corrected chi connectivity index (χ4v) is 7.01. The number of carbonyl (C=O) groups excluding carboxylic acids is 2. The second-order valence-corrected chi connectivity index (χ2v) is 12.0. The average Bonchev–Trinajstić information content (AvgIpc) is 3.40. The molecule has 8 nitrogen and oxygen atoms in total. The van der Waals surface area contributed by atoms with Gasteiger partial charge in [-0.3, -0.25) is 9.59 Å². The number of aromatic hydroxyl groups is 2. The van der Waals surface area contributed by atoms with E-state index in [2.05, 4.69) is 0 Å². The Balaban J connectivity index is 1.50. The maximum Gasteiger partial charge on any atom is 0.303 e. The molecular weight excluding hydrogens is 524 g/mol. The molecule has 2 fully saturated rings. The highest BCUT2D eigenvalue weighted by Gasteiger charge is 2.40. The molecule has 0 aliphatic heterocycles. The van der Waals surface area contributed by atoms with Crippen molar-refractivity contribution >= 4 is 11.8 Å². The number of Topliss-reactive ketones (excluding diaryl/α,β-unsaturated/α-hetero) is 1. The van der Waals surface area contributed by atoms with E-state index in [0.717, 1.165) is 18.4 Å². The number of phenols is 2. The third-order valence-electron chi connectivity index (χ3n) is 9.27. The third kappa shape index (κ3) is 7.73. The van der Waals surface area contributed by atoms with Gasteiger partial charge in [0.05, 0.1) is 20.3 Å². The Bertz CT molecular complexity index is 1190. The number of carbonyl (C=O) groups is 2. The van der Waals surface area contributed by atoms with Crippen molar-refractivity contribution in [2.45, 2.75) is 95.7 Å². The van der Waals surface area contributed by atoms with Gasteiger partial charge in [0.1, 0.15) is 11.9 Å². The van der Waals surface area contributed by atoms with Crippen LogP contribution in [0.3, 0.4) is 0 Å². The van der Waals surface area contributed by atoms with E-state index >= 15 is 0 Å². The van der Waals surface area contributed by atoms with Crippen molar-refractivity contribution in [2.24, 2.45) is 11.3 Å². The summed E-state index contributed by atoms with van der Waals surface area (Å²) in [5.41, 5.74) is 2.08. The molecule has 0 heterocycles. The van der Waals surface area contributed by atoms with Gasteiger partial charge in [0, 0.05) is 26.2 Å². The lowest BCUT2D eigenvalue weighted by Crippen LogP contribution is -2.35. The van der Waals surface area contributed by atoms with E-state index in [9.17, 15) is 24.9 Å². The second kappa shape index (κ2) is 13.6. The van der Waals surface area contributed by atoms with Crippen LogP contribution in [0.1, 0.15) is 88.2 Å². The van der Waals surface area contributed by atoms with Crippen molar-refractivity contribution in [3.63, 3.8) is 0 Å². The molecule has 2 aromatic carbocycles. The lowest BCUT2D eigenvalue weighted by Gasteiger charge is -2.40. The Morgan fingerprint density at radius 3 is 2.12 bits per heavy atom. The molecule has 3 atom stereocenters. The molecule has 4 rings (SSSR count). The van der Waals surface area contributed by atoms with Crippen LogP contribution in [0.2, 0.25) is 0 Å². The Hall–Kier alpha value is -3.26. The van der Waals surface area contributed by atoms with Gasteiger partial charge in [-0.25, -0.2) is 0 Å². The summed E-state index contributed by atoms with van der Waals surface area (Å²) in [6.45, 7) is 1.26. The van der Waals surface area contributed by atoms with E-state index in [1.54, 1.807) is 18.2 Å². The predicted molar refractivity (Wildman–Crippen MR) is 154 cm³/mol. The summed E-state index contributed by atoms with van der Waals surface area (Å²) in [7, 11) is 2.95. The number of benzene rings is 2. The minimum absolute atomic E-state index is 0.0177. The lowest BCUT2D eigenvalue weighted by atomic mass is 9.65. The highest BCUT2D eigenvalue weighted by Crippen LogP contribution is 2.53. The zero-order valence-electron chi connectivity index (χ0n) is 24.4. The van der Waals surface area contributed by atoms with E-state index in [4.69, 9.17) is 14.2 Å². The Morgan fingerprint density at radius 2 is 1.51 bits per heavy atom. The zero-order valence-corrected chi connectivity index (χ0v) is 24.4. The SMILES string of the molecule is COc1cc(CC(O)C(CC(=O)CC(c2ccc(O)c(OC)c2)C2CCC3(CCCC3)CC2)OC(C)=O)ccc1O. The number of ether oxygens (including phenoxy) is 3. The van der Waals surface area contributed by atoms with Gasteiger partial charge >= 0.3 is 5.97 Å². The number of esters is 1. The van der Waals surface area contributed by atoms with Crippen LogP contribution < -0.4 is 9.47 Å². The minimum atomic E-state index is -1.12. The number of aliphatic hydroxyl groups is 1. The molecule has 2 saturated carbocycles. The molecular formula is C33H44O8. The molecule has 0 amide bonds. The fourth-order valence-electron chi connectivity index (χ4n) is 7.01. The maximum absolute atomic E-state index is 13.6. The molecule has 1 spiro atoms. The highest BCUT2D eigenvalue weighted by molar-refractivity contribution is 5.80. The summed E-state index contributed by atoms with van der Waals surface area (Å²) in [4.78, 5) is 25.5. The monoisotopic (exact) mass is 568 g/mol. The largest absolute Gasteiger partial charge is 0.504 e. The molecule has 41 heavy (non-hydrogen) atoms. The van der Waals surface area contributed by atoms with Crippen molar-refractivity contribution in [3.05, 3.63) is 47.5 Å². The van der Waals surface area contributed by atoms with E-state index in [-0.39, 0.29) is 48.2 Å². The van der Waals surface area contributed by atoms with Crippen LogP contribution in [-0.4, -0.2) is 53.5 Å². The molecule has 0 aromatic heterocycles. The van der Waals surface area contributed by atoms with Crippen LogP contribution in [0.5, 0.6) is 23.0 Å². The third-order valence-corrected chi connectivity index (χ3v) is 9.27. The number of hydrogen-bond donors (Lipinski definition) is 3. The maximum atomic E-state index is 13.6. The molecule has 3 N–H and O–H groups in total. The summed E-state index contributed by atoms with van der Waals surface area (Å²) >= 11 is 0. The Morgan fingerprint density at radius 1 is 0.902 bits per heavy atom. The number of rotatable bonds is 12. The van der Waals surface area contributed by atoms with Crippen LogP contribution in [0.4, 0.5) is 0 Å². The molecule has 0 radical (unpaired) electrons. The first-order valence-corrected chi connectivity index (χ1v) is 14.7. The summed E-state index contributed by atoms with van der Waals surface area (Å²) in [5.74, 6) is 0.244. The van der Waals surface area contributed by atoms with Gasteiger partial charge in [0.2, 0.25) is 0 Å². The predicted octanol–water partition coefficient (Wildman–Crippen LogP) is 5.83. The van der Waals surface area contributed by atoms with Gasteiger partial charge in [0.25, 0.3) is 0 Å². The number of hydrogen-bond acceptors (Lipinski definition) is 8.